The number of hydrogen-bond acceptors (Lipinski definition) is 3. The number of rotatable bonds is 5. The molecule has 28 heavy (non-hydrogen) atoms. The molecular weight excluding hydrogens is 424 g/mol. The van der Waals surface area contributed by atoms with Crippen LogP contribution in [-0.4, -0.2) is 40.3 Å². The number of aromatic nitrogens is 1. The molecule has 1 aliphatic heterocycles. The first-order chi connectivity index (χ1) is 13.5. The fourth-order valence-electron chi connectivity index (χ4n) is 3.28. The maximum absolute atomic E-state index is 12.7. The van der Waals surface area contributed by atoms with E-state index in [2.05, 4.69) is 31.5 Å². The molecule has 0 spiro atoms. The molecule has 3 aromatic rings. The zero-order valence-electron chi connectivity index (χ0n) is 14.7. The highest BCUT2D eigenvalue weighted by Crippen LogP contribution is 2.22. The standard InChI is InChI=1S/C20H17BrN4O3/c21-14-6-2-4-8-16(14)23-18(26)11-25-19(27)17(24-20(25)28)9-12-10-22-15-7-3-1-5-13(12)15/h1-8,10,17,22H,9,11H2,(H,23,26)(H,24,28)/t17-/m1/s1. The van der Waals surface area contributed by atoms with Gasteiger partial charge in [-0.25, -0.2) is 4.79 Å². The molecular formula is C20H17BrN4O3. The fourth-order valence-corrected chi connectivity index (χ4v) is 3.67. The third-order valence-corrected chi connectivity index (χ3v) is 5.35. The van der Waals surface area contributed by atoms with Crippen molar-refractivity contribution in [3.8, 4) is 0 Å². The van der Waals surface area contributed by atoms with Gasteiger partial charge in [-0.2, -0.15) is 0 Å². The number of nitrogens with zero attached hydrogens (tertiary/aromatic N) is 1. The molecule has 142 valence electrons. The van der Waals surface area contributed by atoms with Crippen molar-refractivity contribution in [2.24, 2.45) is 0 Å². The van der Waals surface area contributed by atoms with E-state index in [0.717, 1.165) is 25.8 Å². The Morgan fingerprint density at radius 1 is 1.11 bits per heavy atom. The van der Waals surface area contributed by atoms with Crippen molar-refractivity contribution < 1.29 is 14.4 Å². The summed E-state index contributed by atoms with van der Waals surface area (Å²) in [6, 6.07) is 13.6. The van der Waals surface area contributed by atoms with Gasteiger partial charge in [0.05, 0.1) is 5.69 Å². The molecule has 0 unspecified atom stereocenters. The van der Waals surface area contributed by atoms with Crippen LogP contribution in [0.4, 0.5) is 10.5 Å². The van der Waals surface area contributed by atoms with E-state index < -0.39 is 23.9 Å². The van der Waals surface area contributed by atoms with Gasteiger partial charge in [-0.05, 0) is 39.7 Å². The summed E-state index contributed by atoms with van der Waals surface area (Å²) in [5, 5.41) is 6.38. The predicted octanol–water partition coefficient (Wildman–Crippen LogP) is 3.03. The van der Waals surface area contributed by atoms with Crippen LogP contribution in [0.15, 0.2) is 59.2 Å². The summed E-state index contributed by atoms with van der Waals surface area (Å²) >= 11 is 3.35. The lowest BCUT2D eigenvalue weighted by atomic mass is 10.1. The number of H-pyrrole nitrogens is 1. The molecule has 4 amide bonds. The minimum Gasteiger partial charge on any atom is -0.361 e. The van der Waals surface area contributed by atoms with Gasteiger partial charge in [-0.3, -0.25) is 14.5 Å². The van der Waals surface area contributed by atoms with Crippen molar-refractivity contribution in [3.05, 3.63) is 64.8 Å². The van der Waals surface area contributed by atoms with Gasteiger partial charge in [0, 0.05) is 28.0 Å². The summed E-state index contributed by atoms with van der Waals surface area (Å²) in [6.45, 7) is -0.337. The third kappa shape index (κ3) is 3.50. The van der Waals surface area contributed by atoms with Gasteiger partial charge in [0.2, 0.25) is 5.91 Å². The Morgan fingerprint density at radius 3 is 2.68 bits per heavy atom. The van der Waals surface area contributed by atoms with Crippen molar-refractivity contribution in [1.82, 2.24) is 15.2 Å². The Balaban J connectivity index is 1.44. The maximum Gasteiger partial charge on any atom is 0.325 e. The molecule has 7 nitrogen and oxygen atoms in total. The smallest absolute Gasteiger partial charge is 0.325 e. The average molecular weight is 441 g/mol. The molecule has 1 saturated heterocycles. The molecule has 2 aromatic carbocycles. The largest absolute Gasteiger partial charge is 0.361 e. The number of amides is 4. The zero-order chi connectivity index (χ0) is 19.7. The molecule has 1 aromatic heterocycles. The summed E-state index contributed by atoms with van der Waals surface area (Å²) in [5.41, 5.74) is 2.49. The number of fused-ring (bicyclic) bond motifs is 1. The molecule has 4 rings (SSSR count). The molecule has 0 radical (unpaired) electrons. The maximum atomic E-state index is 12.7. The van der Waals surface area contributed by atoms with Crippen LogP contribution in [0.5, 0.6) is 0 Å². The number of para-hydroxylation sites is 2. The molecule has 8 heteroatoms. The molecule has 0 bridgehead atoms. The first kappa shape index (κ1) is 18.2. The van der Waals surface area contributed by atoms with Crippen molar-refractivity contribution in [3.63, 3.8) is 0 Å². The second-order valence-electron chi connectivity index (χ2n) is 6.52. The number of carbonyl (C=O) groups excluding carboxylic acids is 3. The highest BCUT2D eigenvalue weighted by Gasteiger charge is 2.39. The van der Waals surface area contributed by atoms with E-state index in [-0.39, 0.29) is 6.54 Å². The van der Waals surface area contributed by atoms with Gasteiger partial charge in [0.1, 0.15) is 12.6 Å². The Hall–Kier alpha value is -3.13. The van der Waals surface area contributed by atoms with Gasteiger partial charge in [0.25, 0.3) is 5.91 Å². The number of aromatic amines is 1. The van der Waals surface area contributed by atoms with Crippen LogP contribution < -0.4 is 10.6 Å². The number of carbonyl (C=O) groups is 3. The summed E-state index contributed by atoms with van der Waals surface area (Å²) in [5.74, 6) is -0.847. The van der Waals surface area contributed by atoms with Crippen LogP contribution in [0.25, 0.3) is 10.9 Å². The number of urea groups is 1. The molecule has 2 heterocycles. The van der Waals surface area contributed by atoms with E-state index in [1.165, 1.54) is 0 Å². The monoisotopic (exact) mass is 440 g/mol. The van der Waals surface area contributed by atoms with E-state index >= 15 is 0 Å². The van der Waals surface area contributed by atoms with Gasteiger partial charge in [-0.15, -0.1) is 0 Å². The highest BCUT2D eigenvalue weighted by atomic mass is 79.9. The number of nitrogens with one attached hydrogen (secondary N) is 3. The topological polar surface area (TPSA) is 94.3 Å². The normalized spacial score (nSPS) is 16.5. The molecule has 1 atom stereocenters. The minimum atomic E-state index is -0.692. The van der Waals surface area contributed by atoms with Crippen LogP contribution in [0.2, 0.25) is 0 Å². The summed E-state index contributed by atoms with van der Waals surface area (Å²) in [7, 11) is 0. The Kier molecular flexibility index (Phi) is 4.87. The van der Waals surface area contributed by atoms with Crippen molar-refractivity contribution >= 4 is 50.4 Å². The van der Waals surface area contributed by atoms with Gasteiger partial charge >= 0.3 is 6.03 Å². The lowest BCUT2D eigenvalue weighted by Crippen LogP contribution is -2.38. The van der Waals surface area contributed by atoms with Crippen LogP contribution in [0.3, 0.4) is 0 Å². The molecule has 0 aliphatic carbocycles. The number of benzene rings is 2. The number of hydrogen-bond donors (Lipinski definition) is 3. The van der Waals surface area contributed by atoms with Gasteiger partial charge in [0.15, 0.2) is 0 Å². The molecule has 0 saturated carbocycles. The predicted molar refractivity (Wildman–Crippen MR) is 109 cm³/mol. The van der Waals surface area contributed by atoms with E-state index in [1.54, 1.807) is 18.2 Å². The second-order valence-corrected chi connectivity index (χ2v) is 7.37. The summed E-state index contributed by atoms with van der Waals surface area (Å²) in [4.78, 5) is 41.3. The van der Waals surface area contributed by atoms with Crippen LogP contribution in [-0.2, 0) is 16.0 Å². The van der Waals surface area contributed by atoms with E-state index in [9.17, 15) is 14.4 Å². The Morgan fingerprint density at radius 2 is 1.86 bits per heavy atom. The van der Waals surface area contributed by atoms with Crippen LogP contribution >= 0.6 is 15.9 Å². The second kappa shape index (κ2) is 7.47. The Bertz CT molecular complexity index is 1080. The highest BCUT2D eigenvalue weighted by molar-refractivity contribution is 9.10. The van der Waals surface area contributed by atoms with Crippen LogP contribution in [0.1, 0.15) is 5.56 Å². The first-order valence-electron chi connectivity index (χ1n) is 8.74. The SMILES string of the molecule is O=C(CN1C(=O)N[C@H](Cc2c[nH]c3ccccc23)C1=O)Nc1ccccc1Br. The zero-order valence-corrected chi connectivity index (χ0v) is 16.3. The Labute approximate surface area is 169 Å². The molecule has 3 N–H and O–H groups in total. The first-order valence-corrected chi connectivity index (χ1v) is 9.53. The number of imide groups is 1. The van der Waals surface area contributed by atoms with Crippen molar-refractivity contribution in [1.29, 1.82) is 0 Å². The summed E-state index contributed by atoms with van der Waals surface area (Å²) in [6.07, 6.45) is 2.20. The van der Waals surface area contributed by atoms with Crippen LogP contribution in [0, 0.1) is 0 Å². The third-order valence-electron chi connectivity index (χ3n) is 4.66. The lowest BCUT2D eigenvalue weighted by molar-refractivity contribution is -0.130. The lowest BCUT2D eigenvalue weighted by Gasteiger charge is -2.13. The van der Waals surface area contributed by atoms with E-state index in [1.807, 2.05) is 36.5 Å². The number of halogens is 1. The fraction of sp³-hybridized carbons (Fsp3) is 0.150. The molecule has 1 aliphatic rings. The van der Waals surface area contributed by atoms with Gasteiger partial charge in [-0.1, -0.05) is 30.3 Å². The quantitative estimate of drug-likeness (QED) is 0.532. The summed E-state index contributed by atoms with van der Waals surface area (Å²) < 4.78 is 0.720. The van der Waals surface area contributed by atoms with E-state index in [0.29, 0.717) is 12.1 Å². The molecule has 1 fully saturated rings. The van der Waals surface area contributed by atoms with E-state index in [4.69, 9.17) is 0 Å². The minimum absolute atomic E-state index is 0.337. The van der Waals surface area contributed by atoms with Gasteiger partial charge < -0.3 is 15.6 Å². The number of anilines is 1. The van der Waals surface area contributed by atoms with Crippen molar-refractivity contribution in [2.45, 2.75) is 12.5 Å². The van der Waals surface area contributed by atoms with Crippen molar-refractivity contribution in [2.75, 3.05) is 11.9 Å². The average Bonchev–Trinajstić information content (AvgIpc) is 3.20.